The zero-order chi connectivity index (χ0) is 27.4. The van der Waals surface area contributed by atoms with Crippen molar-refractivity contribution in [2.24, 2.45) is 5.73 Å². The van der Waals surface area contributed by atoms with Crippen LogP contribution in [0.15, 0.2) is 42.5 Å². The molecule has 0 aliphatic heterocycles. The Morgan fingerprint density at radius 1 is 1.03 bits per heavy atom. The van der Waals surface area contributed by atoms with Gasteiger partial charge in [-0.1, -0.05) is 58.9 Å². The van der Waals surface area contributed by atoms with E-state index in [1.807, 2.05) is 13.8 Å². The first-order chi connectivity index (χ1) is 16.9. The Morgan fingerprint density at radius 3 is 2.11 bits per heavy atom. The SMILES string of the molecule is CC.CC(=O)NCCCNC1(c2cccc(C(C)(C)C)c2)CCC(N)CC1.Cc1cc(F)cc(F)c1. The van der Waals surface area contributed by atoms with E-state index in [0.717, 1.165) is 51.3 Å². The van der Waals surface area contributed by atoms with Crippen molar-refractivity contribution in [1.29, 1.82) is 0 Å². The van der Waals surface area contributed by atoms with E-state index in [0.29, 0.717) is 11.6 Å². The predicted molar refractivity (Wildman–Crippen MR) is 147 cm³/mol. The van der Waals surface area contributed by atoms with E-state index in [2.05, 4.69) is 55.7 Å². The largest absolute Gasteiger partial charge is 0.356 e. The van der Waals surface area contributed by atoms with E-state index in [4.69, 9.17) is 5.73 Å². The zero-order valence-electron chi connectivity index (χ0n) is 23.3. The third-order valence-corrected chi connectivity index (χ3v) is 6.36. The smallest absolute Gasteiger partial charge is 0.216 e. The number of carbonyl (C=O) groups excluding carboxylic acids is 1. The first kappa shape index (κ1) is 31.7. The van der Waals surface area contributed by atoms with Crippen LogP contribution in [0.5, 0.6) is 0 Å². The second kappa shape index (κ2) is 15.1. The third-order valence-electron chi connectivity index (χ3n) is 6.36. The van der Waals surface area contributed by atoms with E-state index in [-0.39, 0.29) is 16.9 Å². The maximum atomic E-state index is 12.2. The Hall–Kier alpha value is -2.31. The zero-order valence-corrected chi connectivity index (χ0v) is 23.3. The number of aryl methyl sites for hydroxylation is 1. The van der Waals surface area contributed by atoms with Crippen LogP contribution in [0.4, 0.5) is 8.78 Å². The molecule has 1 aliphatic carbocycles. The normalized spacial score (nSPS) is 19.3. The lowest BCUT2D eigenvalue weighted by atomic mass is 9.73. The summed E-state index contributed by atoms with van der Waals surface area (Å²) in [6.07, 6.45) is 5.19. The van der Waals surface area contributed by atoms with Crippen LogP contribution in [0, 0.1) is 18.6 Å². The highest BCUT2D eigenvalue weighted by molar-refractivity contribution is 5.72. The standard InChI is InChI=1S/C21H35N3O.C7H6F2.C2H6/c1-16(25)23-13-6-14-24-21(11-9-19(22)10-12-21)18-8-5-7-17(15-18)20(2,3)4;1-5-2-6(8)4-7(9)3-5;1-2/h5,7-8,15,19,24H,6,9-14,22H2,1-4H3,(H,23,25);2-4H,1H3;1-2H3. The van der Waals surface area contributed by atoms with Crippen LogP contribution in [0.2, 0.25) is 0 Å². The molecule has 2 aromatic rings. The van der Waals surface area contributed by atoms with Crippen molar-refractivity contribution in [1.82, 2.24) is 10.6 Å². The van der Waals surface area contributed by atoms with Gasteiger partial charge < -0.3 is 16.4 Å². The quantitative estimate of drug-likeness (QED) is 0.394. The fourth-order valence-corrected chi connectivity index (χ4v) is 4.36. The van der Waals surface area contributed by atoms with E-state index in [9.17, 15) is 13.6 Å². The molecule has 1 amide bonds. The fraction of sp³-hybridized carbons (Fsp3) is 0.567. The lowest BCUT2D eigenvalue weighted by molar-refractivity contribution is -0.118. The highest BCUT2D eigenvalue weighted by atomic mass is 19.1. The molecular weight excluding hydrogens is 456 g/mol. The third kappa shape index (κ3) is 10.8. The molecule has 3 rings (SSSR count). The maximum Gasteiger partial charge on any atom is 0.216 e. The second-order valence-corrected chi connectivity index (χ2v) is 10.5. The van der Waals surface area contributed by atoms with Crippen molar-refractivity contribution >= 4 is 5.91 Å². The Morgan fingerprint density at radius 2 is 1.61 bits per heavy atom. The van der Waals surface area contributed by atoms with Crippen LogP contribution in [0.1, 0.15) is 90.3 Å². The van der Waals surface area contributed by atoms with Crippen molar-refractivity contribution in [3.8, 4) is 0 Å². The van der Waals surface area contributed by atoms with Crippen LogP contribution in [0.3, 0.4) is 0 Å². The summed E-state index contributed by atoms with van der Waals surface area (Å²) in [5.41, 5.74) is 9.68. The van der Waals surface area contributed by atoms with Crippen LogP contribution in [0.25, 0.3) is 0 Å². The highest BCUT2D eigenvalue weighted by Crippen LogP contribution is 2.38. The molecule has 4 N–H and O–H groups in total. The summed E-state index contributed by atoms with van der Waals surface area (Å²) in [6, 6.07) is 12.8. The number of benzene rings is 2. The monoisotopic (exact) mass is 503 g/mol. The van der Waals surface area contributed by atoms with Gasteiger partial charge in [0.15, 0.2) is 0 Å². The number of hydrogen-bond donors (Lipinski definition) is 3. The summed E-state index contributed by atoms with van der Waals surface area (Å²) in [5, 5.41) is 6.69. The molecule has 0 atom stereocenters. The number of nitrogens with one attached hydrogen (secondary N) is 2. The van der Waals surface area contributed by atoms with E-state index in [1.165, 1.54) is 23.3 Å². The number of hydrogen-bond acceptors (Lipinski definition) is 3. The van der Waals surface area contributed by atoms with Gasteiger partial charge in [-0.25, -0.2) is 8.78 Å². The molecule has 0 heterocycles. The first-order valence-corrected chi connectivity index (χ1v) is 13.2. The Labute approximate surface area is 217 Å². The molecule has 0 unspecified atom stereocenters. The molecule has 2 aromatic carbocycles. The van der Waals surface area contributed by atoms with E-state index >= 15 is 0 Å². The van der Waals surface area contributed by atoms with Crippen molar-refractivity contribution < 1.29 is 13.6 Å². The number of amides is 1. The molecule has 202 valence electrons. The van der Waals surface area contributed by atoms with Gasteiger partial charge in [0.25, 0.3) is 0 Å². The van der Waals surface area contributed by atoms with Gasteiger partial charge >= 0.3 is 0 Å². The molecular formula is C30H47F2N3O. The fourth-order valence-electron chi connectivity index (χ4n) is 4.36. The van der Waals surface area contributed by atoms with Gasteiger partial charge in [-0.2, -0.15) is 0 Å². The maximum absolute atomic E-state index is 12.2. The molecule has 6 heteroatoms. The minimum absolute atomic E-state index is 0.00730. The molecule has 1 fully saturated rings. The van der Waals surface area contributed by atoms with Crippen LogP contribution >= 0.6 is 0 Å². The average Bonchev–Trinajstić information content (AvgIpc) is 2.80. The molecule has 0 radical (unpaired) electrons. The topological polar surface area (TPSA) is 67.2 Å². The molecule has 0 aromatic heterocycles. The van der Waals surface area contributed by atoms with Crippen molar-refractivity contribution in [3.63, 3.8) is 0 Å². The number of carbonyl (C=O) groups is 1. The number of halogens is 2. The summed E-state index contributed by atoms with van der Waals surface area (Å²) >= 11 is 0. The first-order valence-electron chi connectivity index (χ1n) is 13.2. The molecule has 0 saturated heterocycles. The van der Waals surface area contributed by atoms with Gasteiger partial charge in [-0.05, 0) is 79.8 Å². The molecule has 0 spiro atoms. The lowest BCUT2D eigenvalue weighted by Crippen LogP contribution is -2.48. The number of nitrogens with two attached hydrogens (primary N) is 1. The molecule has 36 heavy (non-hydrogen) atoms. The van der Waals surface area contributed by atoms with E-state index < -0.39 is 11.6 Å². The average molecular weight is 504 g/mol. The van der Waals surface area contributed by atoms with Gasteiger partial charge in [0.1, 0.15) is 11.6 Å². The van der Waals surface area contributed by atoms with Crippen molar-refractivity contribution in [2.75, 3.05) is 13.1 Å². The molecule has 0 bridgehead atoms. The van der Waals surface area contributed by atoms with Crippen LogP contribution < -0.4 is 16.4 Å². The summed E-state index contributed by atoms with van der Waals surface area (Å²) in [6.45, 7) is 15.6. The highest BCUT2D eigenvalue weighted by Gasteiger charge is 2.36. The Kier molecular flexibility index (Phi) is 13.3. The second-order valence-electron chi connectivity index (χ2n) is 10.5. The molecule has 4 nitrogen and oxygen atoms in total. The van der Waals surface area contributed by atoms with Crippen molar-refractivity contribution in [2.45, 2.75) is 97.6 Å². The molecule has 1 aliphatic rings. The van der Waals surface area contributed by atoms with Gasteiger partial charge in [-0.3, -0.25) is 4.79 Å². The number of rotatable bonds is 6. The summed E-state index contributed by atoms with van der Waals surface area (Å²) < 4.78 is 24.4. The van der Waals surface area contributed by atoms with E-state index in [1.54, 1.807) is 13.8 Å². The molecule has 1 saturated carbocycles. The lowest BCUT2D eigenvalue weighted by Gasteiger charge is -2.41. The minimum Gasteiger partial charge on any atom is -0.356 e. The summed E-state index contributed by atoms with van der Waals surface area (Å²) in [5.74, 6) is -1.00. The van der Waals surface area contributed by atoms with Crippen molar-refractivity contribution in [3.05, 3.63) is 70.8 Å². The Bertz CT molecular complexity index is 882. The van der Waals surface area contributed by atoms with Gasteiger partial charge in [0.2, 0.25) is 5.91 Å². The van der Waals surface area contributed by atoms with Crippen LogP contribution in [-0.4, -0.2) is 25.0 Å². The van der Waals surface area contributed by atoms with Gasteiger partial charge in [0.05, 0.1) is 0 Å². The Balaban J connectivity index is 0.000000491. The summed E-state index contributed by atoms with van der Waals surface area (Å²) in [4.78, 5) is 11.0. The van der Waals surface area contributed by atoms with Gasteiger partial charge in [0, 0.05) is 31.1 Å². The van der Waals surface area contributed by atoms with Gasteiger partial charge in [-0.15, -0.1) is 0 Å². The summed E-state index contributed by atoms with van der Waals surface area (Å²) in [7, 11) is 0. The predicted octanol–water partition coefficient (Wildman–Crippen LogP) is 6.50. The van der Waals surface area contributed by atoms with Crippen LogP contribution in [-0.2, 0) is 15.7 Å². The minimum atomic E-state index is -0.521.